The molecule has 0 aliphatic rings. The molecule has 3 aromatic rings. The third-order valence-corrected chi connectivity index (χ3v) is 3.48. The summed E-state index contributed by atoms with van der Waals surface area (Å²) in [6.45, 7) is 1.70. The van der Waals surface area contributed by atoms with Crippen LogP contribution < -0.4 is 10.1 Å². The first-order valence-electron chi connectivity index (χ1n) is 7.40. The van der Waals surface area contributed by atoms with Crippen molar-refractivity contribution in [3.63, 3.8) is 0 Å². The number of anilines is 1. The standard InChI is InChI=1S/C16H20N6O/c1-21(2)8-7-18-15-13-10-12(23-3)4-5-14(13)19-16(20-15)22-9-6-17-11-22/h4-6,9-11H,7-8H2,1-3H3,(H,18,19,20). The summed E-state index contributed by atoms with van der Waals surface area (Å²) in [5.41, 5.74) is 0.858. The van der Waals surface area contributed by atoms with Crippen LogP contribution in [0.3, 0.4) is 0 Å². The second-order valence-electron chi connectivity index (χ2n) is 5.46. The Bertz CT molecular complexity index is 785. The van der Waals surface area contributed by atoms with E-state index in [2.05, 4.69) is 25.2 Å². The van der Waals surface area contributed by atoms with Crippen LogP contribution in [0.15, 0.2) is 36.9 Å². The van der Waals surface area contributed by atoms with Gasteiger partial charge >= 0.3 is 0 Å². The number of ether oxygens (including phenoxy) is 1. The monoisotopic (exact) mass is 312 g/mol. The molecule has 7 heteroatoms. The molecule has 0 unspecified atom stereocenters. The summed E-state index contributed by atoms with van der Waals surface area (Å²) >= 11 is 0. The van der Waals surface area contributed by atoms with Crippen LogP contribution >= 0.6 is 0 Å². The smallest absolute Gasteiger partial charge is 0.237 e. The maximum Gasteiger partial charge on any atom is 0.237 e. The van der Waals surface area contributed by atoms with E-state index < -0.39 is 0 Å². The van der Waals surface area contributed by atoms with E-state index in [0.717, 1.165) is 35.6 Å². The van der Waals surface area contributed by atoms with E-state index in [4.69, 9.17) is 4.74 Å². The second kappa shape index (κ2) is 6.62. The fraction of sp³-hybridized carbons (Fsp3) is 0.312. The number of fused-ring (bicyclic) bond motifs is 1. The van der Waals surface area contributed by atoms with Crippen molar-refractivity contribution in [3.05, 3.63) is 36.9 Å². The minimum absolute atomic E-state index is 0.590. The van der Waals surface area contributed by atoms with Gasteiger partial charge in [-0.15, -0.1) is 0 Å². The number of nitrogens with zero attached hydrogens (tertiary/aromatic N) is 5. The minimum atomic E-state index is 0.590. The molecular formula is C16H20N6O. The van der Waals surface area contributed by atoms with Gasteiger partial charge in [-0.1, -0.05) is 0 Å². The maximum atomic E-state index is 5.32. The maximum absolute atomic E-state index is 5.32. The first-order chi connectivity index (χ1) is 11.2. The summed E-state index contributed by atoms with van der Waals surface area (Å²) in [5.74, 6) is 2.17. The van der Waals surface area contributed by atoms with Crippen molar-refractivity contribution in [1.29, 1.82) is 0 Å². The van der Waals surface area contributed by atoms with Crippen LogP contribution in [-0.2, 0) is 0 Å². The fourth-order valence-corrected chi connectivity index (χ4v) is 2.25. The molecule has 2 aromatic heterocycles. The molecule has 0 spiro atoms. The summed E-state index contributed by atoms with van der Waals surface area (Å²) in [6, 6.07) is 5.79. The molecule has 0 amide bonds. The van der Waals surface area contributed by atoms with Crippen LogP contribution in [0.2, 0.25) is 0 Å². The molecule has 1 N–H and O–H groups in total. The zero-order valence-corrected chi connectivity index (χ0v) is 13.5. The van der Waals surface area contributed by atoms with E-state index in [1.807, 2.05) is 38.5 Å². The van der Waals surface area contributed by atoms with Crippen LogP contribution in [0.25, 0.3) is 16.9 Å². The van der Waals surface area contributed by atoms with Crippen LogP contribution in [0.5, 0.6) is 5.75 Å². The molecule has 0 aliphatic heterocycles. The van der Waals surface area contributed by atoms with E-state index in [1.54, 1.807) is 24.2 Å². The number of benzene rings is 1. The number of rotatable bonds is 6. The summed E-state index contributed by atoms with van der Waals surface area (Å²) in [6.07, 6.45) is 5.23. The average Bonchev–Trinajstić information content (AvgIpc) is 3.08. The molecule has 3 rings (SSSR count). The Kier molecular flexibility index (Phi) is 4.38. The van der Waals surface area contributed by atoms with E-state index in [-0.39, 0.29) is 0 Å². The molecule has 7 nitrogen and oxygen atoms in total. The molecule has 0 bridgehead atoms. The Morgan fingerprint density at radius 1 is 1.26 bits per heavy atom. The van der Waals surface area contributed by atoms with E-state index in [9.17, 15) is 0 Å². The largest absolute Gasteiger partial charge is 0.497 e. The van der Waals surface area contributed by atoms with Gasteiger partial charge in [-0.2, -0.15) is 4.98 Å². The molecule has 0 atom stereocenters. The topological polar surface area (TPSA) is 68.1 Å². The summed E-state index contributed by atoms with van der Waals surface area (Å²) < 4.78 is 7.11. The summed E-state index contributed by atoms with van der Waals surface area (Å²) in [4.78, 5) is 15.4. The van der Waals surface area contributed by atoms with E-state index in [0.29, 0.717) is 5.95 Å². The van der Waals surface area contributed by atoms with Gasteiger partial charge in [-0.25, -0.2) is 9.97 Å². The number of methoxy groups -OCH3 is 1. The normalized spacial score (nSPS) is 11.1. The van der Waals surface area contributed by atoms with Gasteiger partial charge in [0.2, 0.25) is 5.95 Å². The zero-order chi connectivity index (χ0) is 16.2. The van der Waals surface area contributed by atoms with Crippen molar-refractivity contribution in [2.24, 2.45) is 0 Å². The number of likely N-dealkylation sites (N-methyl/N-ethyl adjacent to an activating group) is 1. The number of hydrogen-bond acceptors (Lipinski definition) is 6. The minimum Gasteiger partial charge on any atom is -0.497 e. The van der Waals surface area contributed by atoms with Crippen LogP contribution in [0, 0.1) is 0 Å². The number of aromatic nitrogens is 4. The average molecular weight is 312 g/mol. The molecule has 2 heterocycles. The molecule has 120 valence electrons. The van der Waals surface area contributed by atoms with Gasteiger partial charge < -0.3 is 15.0 Å². The molecule has 23 heavy (non-hydrogen) atoms. The Morgan fingerprint density at radius 3 is 2.83 bits per heavy atom. The third kappa shape index (κ3) is 3.40. The number of hydrogen-bond donors (Lipinski definition) is 1. The van der Waals surface area contributed by atoms with Crippen molar-refractivity contribution >= 4 is 16.7 Å². The van der Waals surface area contributed by atoms with Crippen molar-refractivity contribution in [2.75, 3.05) is 39.6 Å². The lowest BCUT2D eigenvalue weighted by Crippen LogP contribution is -2.21. The second-order valence-corrected chi connectivity index (χ2v) is 5.46. The predicted octanol–water partition coefficient (Wildman–Crippen LogP) is 1.80. The molecule has 0 saturated carbocycles. The Morgan fingerprint density at radius 2 is 2.13 bits per heavy atom. The van der Waals surface area contributed by atoms with Crippen LogP contribution in [-0.4, -0.2) is 58.7 Å². The van der Waals surface area contributed by atoms with Gasteiger partial charge in [0.1, 0.15) is 17.9 Å². The highest BCUT2D eigenvalue weighted by atomic mass is 16.5. The first-order valence-corrected chi connectivity index (χ1v) is 7.40. The van der Waals surface area contributed by atoms with E-state index in [1.165, 1.54) is 0 Å². The summed E-state index contributed by atoms with van der Waals surface area (Å²) in [7, 11) is 5.74. The molecule has 0 fully saturated rings. The van der Waals surface area contributed by atoms with Gasteiger partial charge in [-0.05, 0) is 32.3 Å². The predicted molar refractivity (Wildman–Crippen MR) is 90.3 cm³/mol. The highest BCUT2D eigenvalue weighted by Crippen LogP contribution is 2.26. The van der Waals surface area contributed by atoms with Crippen molar-refractivity contribution < 1.29 is 4.74 Å². The van der Waals surface area contributed by atoms with Gasteiger partial charge in [0.05, 0.1) is 12.6 Å². The Labute approximate surface area is 134 Å². The zero-order valence-electron chi connectivity index (χ0n) is 13.5. The van der Waals surface area contributed by atoms with Gasteiger partial charge in [0, 0.05) is 30.9 Å². The van der Waals surface area contributed by atoms with Gasteiger partial charge in [0.25, 0.3) is 0 Å². The van der Waals surface area contributed by atoms with Gasteiger partial charge in [-0.3, -0.25) is 4.57 Å². The molecule has 0 saturated heterocycles. The van der Waals surface area contributed by atoms with Crippen molar-refractivity contribution in [1.82, 2.24) is 24.4 Å². The fourth-order valence-electron chi connectivity index (χ4n) is 2.25. The first kappa shape index (κ1) is 15.2. The lowest BCUT2D eigenvalue weighted by molar-refractivity contribution is 0.415. The van der Waals surface area contributed by atoms with Gasteiger partial charge in [0.15, 0.2) is 0 Å². The highest BCUT2D eigenvalue weighted by Gasteiger charge is 2.10. The lowest BCUT2D eigenvalue weighted by Gasteiger charge is -2.14. The third-order valence-electron chi connectivity index (χ3n) is 3.48. The Hall–Kier alpha value is -2.67. The lowest BCUT2D eigenvalue weighted by atomic mass is 10.2. The quantitative estimate of drug-likeness (QED) is 0.748. The molecule has 0 aliphatic carbocycles. The molecule has 1 aromatic carbocycles. The molecule has 0 radical (unpaired) electrons. The van der Waals surface area contributed by atoms with Crippen molar-refractivity contribution in [3.8, 4) is 11.7 Å². The molecular weight excluding hydrogens is 292 g/mol. The van der Waals surface area contributed by atoms with Crippen molar-refractivity contribution in [2.45, 2.75) is 0 Å². The SMILES string of the molecule is COc1ccc2nc(-n3ccnc3)nc(NCCN(C)C)c2c1. The summed E-state index contributed by atoms with van der Waals surface area (Å²) in [5, 5.41) is 4.33. The van der Waals surface area contributed by atoms with Crippen LogP contribution in [0.1, 0.15) is 0 Å². The Balaban J connectivity index is 2.04. The van der Waals surface area contributed by atoms with Crippen LogP contribution in [0.4, 0.5) is 5.82 Å². The number of nitrogens with one attached hydrogen (secondary N) is 1. The van der Waals surface area contributed by atoms with E-state index >= 15 is 0 Å². The highest BCUT2D eigenvalue weighted by molar-refractivity contribution is 5.90. The number of imidazole rings is 1.